The first-order valence-corrected chi connectivity index (χ1v) is 12.7. The highest BCUT2D eigenvalue weighted by Crippen LogP contribution is 2.37. The molecule has 2 fully saturated rings. The fourth-order valence-electron chi connectivity index (χ4n) is 5.44. The summed E-state index contributed by atoms with van der Waals surface area (Å²) in [6.45, 7) is 0.626. The Kier molecular flexibility index (Phi) is 7.82. The van der Waals surface area contributed by atoms with Gasteiger partial charge in [0, 0.05) is 6.04 Å². The zero-order valence-corrected chi connectivity index (χ0v) is 19.6. The maximum atomic E-state index is 13.8. The summed E-state index contributed by atoms with van der Waals surface area (Å²) in [6.07, 6.45) is 10.7. The molecule has 6 nitrogen and oxygen atoms in total. The summed E-state index contributed by atoms with van der Waals surface area (Å²) >= 11 is 6.05. The van der Waals surface area contributed by atoms with Crippen molar-refractivity contribution in [3.05, 3.63) is 24.3 Å². The third kappa shape index (κ3) is 5.16. The van der Waals surface area contributed by atoms with Crippen LogP contribution >= 0.6 is 11.6 Å². The van der Waals surface area contributed by atoms with Gasteiger partial charge >= 0.3 is 0 Å². The molecule has 2 aliphatic carbocycles. The molecule has 0 saturated heterocycles. The van der Waals surface area contributed by atoms with E-state index in [9.17, 15) is 9.59 Å². The van der Waals surface area contributed by atoms with E-state index in [1.807, 2.05) is 24.3 Å². The van der Waals surface area contributed by atoms with Crippen molar-refractivity contribution >= 4 is 23.4 Å². The molecule has 1 aromatic carbocycles. The normalized spacial score (nSPS) is 23.1. The smallest absolute Gasteiger partial charge is 0.246 e. The van der Waals surface area contributed by atoms with Crippen molar-refractivity contribution in [3.8, 4) is 11.5 Å². The van der Waals surface area contributed by atoms with E-state index in [0.717, 1.165) is 44.9 Å². The van der Waals surface area contributed by atoms with Crippen LogP contribution in [0.4, 0.5) is 0 Å². The van der Waals surface area contributed by atoms with Gasteiger partial charge in [-0.05, 0) is 37.8 Å². The van der Waals surface area contributed by atoms with Crippen LogP contribution in [-0.2, 0) is 9.59 Å². The van der Waals surface area contributed by atoms with Crippen molar-refractivity contribution < 1.29 is 19.1 Å². The van der Waals surface area contributed by atoms with Crippen molar-refractivity contribution in [2.75, 3.05) is 19.0 Å². The molecule has 1 aromatic rings. The molecule has 0 spiro atoms. The Morgan fingerprint density at radius 2 is 1.66 bits per heavy atom. The van der Waals surface area contributed by atoms with Crippen LogP contribution in [0.15, 0.2) is 24.3 Å². The summed E-state index contributed by atoms with van der Waals surface area (Å²) in [5.74, 6) is 0.995. The van der Waals surface area contributed by atoms with E-state index >= 15 is 0 Å². The van der Waals surface area contributed by atoms with Gasteiger partial charge in [-0.15, -0.1) is 11.6 Å². The predicted molar refractivity (Wildman–Crippen MR) is 124 cm³/mol. The monoisotopic (exact) mass is 462 g/mol. The minimum atomic E-state index is -0.864. The average molecular weight is 463 g/mol. The van der Waals surface area contributed by atoms with Gasteiger partial charge in [0.25, 0.3) is 0 Å². The fourth-order valence-corrected chi connectivity index (χ4v) is 5.59. The lowest BCUT2D eigenvalue weighted by Gasteiger charge is -2.46. The van der Waals surface area contributed by atoms with Crippen molar-refractivity contribution in [2.45, 2.75) is 88.3 Å². The summed E-state index contributed by atoms with van der Waals surface area (Å²) in [5.41, 5.74) is -0.864. The molecule has 2 saturated carbocycles. The molecule has 0 bridgehead atoms. The first-order valence-electron chi connectivity index (χ1n) is 12.2. The number of nitrogens with one attached hydrogen (secondary N) is 1. The second kappa shape index (κ2) is 10.8. The number of alkyl halides is 1. The number of para-hydroxylation sites is 2. The highest BCUT2D eigenvalue weighted by molar-refractivity contribution is 6.27. The second-order valence-electron chi connectivity index (χ2n) is 9.39. The minimum absolute atomic E-state index is 0.0142. The molecule has 2 amide bonds. The first-order chi connectivity index (χ1) is 15.6. The summed E-state index contributed by atoms with van der Waals surface area (Å²) in [5, 5.41) is 3.33. The van der Waals surface area contributed by atoms with Crippen LogP contribution in [0.1, 0.15) is 70.6 Å². The Labute approximate surface area is 196 Å². The van der Waals surface area contributed by atoms with E-state index < -0.39 is 5.54 Å². The van der Waals surface area contributed by atoms with Crippen LogP contribution in [0.25, 0.3) is 0 Å². The number of fused-ring (bicyclic) bond motifs is 1. The number of carbonyl (C=O) groups excluding carboxylic acids is 2. The molecule has 32 heavy (non-hydrogen) atoms. The second-order valence-corrected chi connectivity index (χ2v) is 9.66. The third-order valence-corrected chi connectivity index (χ3v) is 7.41. The molecule has 4 rings (SSSR count). The van der Waals surface area contributed by atoms with Crippen LogP contribution in [-0.4, -0.2) is 53.4 Å². The van der Waals surface area contributed by atoms with E-state index in [2.05, 4.69) is 5.32 Å². The average Bonchev–Trinajstić information content (AvgIpc) is 3.11. The largest absolute Gasteiger partial charge is 0.486 e. The molecule has 1 aliphatic heterocycles. The summed E-state index contributed by atoms with van der Waals surface area (Å²) in [6, 6.07) is 7.73. The van der Waals surface area contributed by atoms with Crippen molar-refractivity contribution in [1.29, 1.82) is 0 Å². The molecule has 1 heterocycles. The first kappa shape index (κ1) is 23.2. The van der Waals surface area contributed by atoms with E-state index in [-0.39, 0.29) is 36.4 Å². The van der Waals surface area contributed by atoms with Crippen molar-refractivity contribution in [1.82, 2.24) is 10.2 Å². The van der Waals surface area contributed by atoms with Crippen LogP contribution < -0.4 is 14.8 Å². The van der Waals surface area contributed by atoms with Gasteiger partial charge in [0.05, 0.1) is 6.54 Å². The topological polar surface area (TPSA) is 67.9 Å². The van der Waals surface area contributed by atoms with Gasteiger partial charge in [0.2, 0.25) is 11.8 Å². The van der Waals surface area contributed by atoms with E-state index in [1.165, 1.54) is 12.8 Å². The maximum absolute atomic E-state index is 13.8. The maximum Gasteiger partial charge on any atom is 0.246 e. The fraction of sp³-hybridized carbons (Fsp3) is 0.680. The number of halogens is 1. The van der Waals surface area contributed by atoms with Crippen LogP contribution in [0.5, 0.6) is 11.5 Å². The number of nitrogens with zero attached hydrogens (tertiary/aromatic N) is 1. The molecule has 176 valence electrons. The molecular formula is C25H35ClN2O4. The van der Waals surface area contributed by atoms with Crippen LogP contribution in [0.2, 0.25) is 0 Å². The van der Waals surface area contributed by atoms with Gasteiger partial charge in [0.15, 0.2) is 17.6 Å². The van der Waals surface area contributed by atoms with E-state index in [0.29, 0.717) is 30.9 Å². The van der Waals surface area contributed by atoms with Gasteiger partial charge in [-0.25, -0.2) is 0 Å². The molecular weight excluding hydrogens is 428 g/mol. The standard InChI is InChI=1S/C25H35ClN2O4/c26-16-23(29)28(17-20-18-31-21-12-6-7-13-22(21)32-20)25(14-8-3-9-15-25)24(30)27-19-10-4-1-2-5-11-19/h6-7,12-13,19-20H,1-5,8-11,14-18H2,(H,27,30)/t20-/m0/s1. The lowest BCUT2D eigenvalue weighted by atomic mass is 9.78. The summed E-state index contributed by atoms with van der Waals surface area (Å²) in [7, 11) is 0. The predicted octanol–water partition coefficient (Wildman–Crippen LogP) is 4.44. The Morgan fingerprint density at radius 3 is 2.34 bits per heavy atom. The highest BCUT2D eigenvalue weighted by Gasteiger charge is 2.48. The van der Waals surface area contributed by atoms with Crippen molar-refractivity contribution in [2.24, 2.45) is 0 Å². The molecule has 1 N–H and O–H groups in total. The molecule has 0 radical (unpaired) electrons. The van der Waals surface area contributed by atoms with Crippen LogP contribution in [0, 0.1) is 0 Å². The lowest BCUT2D eigenvalue weighted by Crippen LogP contribution is -2.65. The van der Waals surface area contributed by atoms with Gasteiger partial charge in [0.1, 0.15) is 18.0 Å². The Hall–Kier alpha value is -1.95. The van der Waals surface area contributed by atoms with Gasteiger partial charge in [-0.1, -0.05) is 57.1 Å². The quantitative estimate of drug-likeness (QED) is 0.501. The number of amides is 2. The zero-order chi connectivity index (χ0) is 22.4. The molecule has 1 atom stereocenters. The van der Waals surface area contributed by atoms with Gasteiger partial charge in [-0.2, -0.15) is 0 Å². The number of benzene rings is 1. The number of rotatable bonds is 6. The Bertz CT molecular complexity index is 788. The third-order valence-electron chi connectivity index (χ3n) is 7.18. The molecule has 0 aromatic heterocycles. The van der Waals surface area contributed by atoms with Gasteiger partial charge < -0.3 is 19.7 Å². The van der Waals surface area contributed by atoms with E-state index in [1.54, 1.807) is 4.90 Å². The summed E-state index contributed by atoms with van der Waals surface area (Å²) < 4.78 is 12.0. The zero-order valence-electron chi connectivity index (χ0n) is 18.8. The Balaban J connectivity index is 1.54. The summed E-state index contributed by atoms with van der Waals surface area (Å²) in [4.78, 5) is 28.6. The number of carbonyl (C=O) groups is 2. The Morgan fingerprint density at radius 1 is 1.00 bits per heavy atom. The van der Waals surface area contributed by atoms with E-state index in [4.69, 9.17) is 21.1 Å². The molecule has 0 unspecified atom stereocenters. The SMILES string of the molecule is O=C(CCl)N(C[C@H]1COc2ccccc2O1)C1(C(=O)NC2CCCCCC2)CCCCC1. The van der Waals surface area contributed by atoms with Crippen molar-refractivity contribution in [3.63, 3.8) is 0 Å². The molecule has 3 aliphatic rings. The lowest BCUT2D eigenvalue weighted by molar-refractivity contribution is -0.151. The number of hydrogen-bond acceptors (Lipinski definition) is 4. The highest BCUT2D eigenvalue weighted by atomic mass is 35.5. The minimum Gasteiger partial charge on any atom is -0.486 e. The van der Waals surface area contributed by atoms with Gasteiger partial charge in [-0.3, -0.25) is 9.59 Å². The molecule has 7 heteroatoms. The number of ether oxygens (including phenoxy) is 2. The van der Waals surface area contributed by atoms with Crippen LogP contribution in [0.3, 0.4) is 0 Å². The number of hydrogen-bond donors (Lipinski definition) is 1.